The number of carbonyl (C=O) groups is 1. The smallest absolute Gasteiger partial charge is 0.313 e. The zero-order valence-electron chi connectivity index (χ0n) is 8.56. The summed E-state index contributed by atoms with van der Waals surface area (Å²) in [4.78, 5) is 11.6. The number of rotatable bonds is 3. The molecule has 0 radical (unpaired) electrons. The Balaban J connectivity index is 2.66. The molecule has 1 fully saturated rings. The molecule has 0 aromatic rings. The minimum Gasteiger partial charge on any atom is -0.469 e. The maximum absolute atomic E-state index is 11.6. The monoisotopic (exact) mass is 185 g/mol. The van der Waals surface area contributed by atoms with Gasteiger partial charge >= 0.3 is 5.97 Å². The summed E-state index contributed by atoms with van der Waals surface area (Å²) in [6.45, 7) is 3.93. The summed E-state index contributed by atoms with van der Waals surface area (Å²) in [6.07, 6.45) is 4.03. The molecule has 0 aliphatic carbocycles. The Morgan fingerprint density at radius 1 is 1.62 bits per heavy atom. The molecule has 1 heterocycles. The molecular formula is C10H19NO2. The largest absolute Gasteiger partial charge is 0.469 e. The van der Waals surface area contributed by atoms with E-state index in [-0.39, 0.29) is 11.4 Å². The molecule has 0 bridgehead atoms. The molecule has 1 atom stereocenters. The van der Waals surface area contributed by atoms with Gasteiger partial charge in [0.25, 0.3) is 0 Å². The Labute approximate surface area is 79.8 Å². The molecule has 0 spiro atoms. The number of hydrogen-bond donors (Lipinski definition) is 1. The highest BCUT2D eigenvalue weighted by Gasteiger charge is 2.39. The summed E-state index contributed by atoms with van der Waals surface area (Å²) in [7, 11) is 1.48. The van der Waals surface area contributed by atoms with Crippen molar-refractivity contribution in [2.75, 3.05) is 20.2 Å². The summed E-state index contributed by atoms with van der Waals surface area (Å²) in [5, 5.41) is 3.27. The van der Waals surface area contributed by atoms with Crippen molar-refractivity contribution in [2.24, 2.45) is 5.41 Å². The van der Waals surface area contributed by atoms with E-state index in [4.69, 9.17) is 4.74 Å². The van der Waals surface area contributed by atoms with Crippen molar-refractivity contribution < 1.29 is 9.53 Å². The van der Waals surface area contributed by atoms with Crippen LogP contribution in [0.2, 0.25) is 0 Å². The van der Waals surface area contributed by atoms with Gasteiger partial charge in [-0.3, -0.25) is 4.79 Å². The summed E-state index contributed by atoms with van der Waals surface area (Å²) in [5.41, 5.74) is -0.234. The highest BCUT2D eigenvalue weighted by Crippen LogP contribution is 2.32. The van der Waals surface area contributed by atoms with Crippen molar-refractivity contribution >= 4 is 5.97 Å². The van der Waals surface area contributed by atoms with Crippen LogP contribution < -0.4 is 5.32 Å². The summed E-state index contributed by atoms with van der Waals surface area (Å²) in [5.74, 6) is -0.0402. The van der Waals surface area contributed by atoms with Crippen LogP contribution in [0.1, 0.15) is 32.6 Å². The van der Waals surface area contributed by atoms with E-state index in [1.165, 1.54) is 7.11 Å². The summed E-state index contributed by atoms with van der Waals surface area (Å²) >= 11 is 0. The second-order valence-corrected chi connectivity index (χ2v) is 3.80. The molecule has 1 aliphatic rings. The third kappa shape index (κ3) is 2.21. The van der Waals surface area contributed by atoms with Gasteiger partial charge in [0.1, 0.15) is 0 Å². The maximum atomic E-state index is 11.6. The molecule has 0 aromatic heterocycles. The number of piperidine rings is 1. The van der Waals surface area contributed by atoms with Crippen LogP contribution in [0.3, 0.4) is 0 Å². The van der Waals surface area contributed by atoms with Crippen LogP contribution in [0.5, 0.6) is 0 Å². The second kappa shape index (κ2) is 4.61. The highest BCUT2D eigenvalue weighted by atomic mass is 16.5. The van der Waals surface area contributed by atoms with Crippen molar-refractivity contribution in [1.82, 2.24) is 5.32 Å². The average molecular weight is 185 g/mol. The van der Waals surface area contributed by atoms with Gasteiger partial charge in [0.15, 0.2) is 0 Å². The molecule has 0 saturated carbocycles. The number of methoxy groups -OCH3 is 1. The van der Waals surface area contributed by atoms with Crippen molar-refractivity contribution in [3.05, 3.63) is 0 Å². The van der Waals surface area contributed by atoms with Gasteiger partial charge in [-0.2, -0.15) is 0 Å². The lowest BCUT2D eigenvalue weighted by atomic mass is 9.77. The molecule has 1 unspecified atom stereocenters. The van der Waals surface area contributed by atoms with E-state index in [0.717, 1.165) is 38.8 Å². The van der Waals surface area contributed by atoms with Gasteiger partial charge in [-0.15, -0.1) is 0 Å². The third-order valence-corrected chi connectivity index (χ3v) is 2.82. The van der Waals surface area contributed by atoms with Gasteiger partial charge in [-0.05, 0) is 25.8 Å². The van der Waals surface area contributed by atoms with E-state index in [2.05, 4.69) is 12.2 Å². The molecule has 1 aliphatic heterocycles. The first kappa shape index (κ1) is 10.5. The van der Waals surface area contributed by atoms with Crippen LogP contribution in [0.4, 0.5) is 0 Å². The summed E-state index contributed by atoms with van der Waals surface area (Å²) < 4.78 is 4.87. The van der Waals surface area contributed by atoms with Gasteiger partial charge in [0.2, 0.25) is 0 Å². The van der Waals surface area contributed by atoms with E-state index in [9.17, 15) is 4.79 Å². The fourth-order valence-electron chi connectivity index (χ4n) is 2.15. The first-order valence-corrected chi connectivity index (χ1v) is 5.04. The SMILES string of the molecule is CCCC1(C(=O)OC)CCCNC1. The molecule has 1 rings (SSSR count). The van der Waals surface area contributed by atoms with Crippen molar-refractivity contribution in [2.45, 2.75) is 32.6 Å². The highest BCUT2D eigenvalue weighted by molar-refractivity contribution is 5.77. The second-order valence-electron chi connectivity index (χ2n) is 3.80. The van der Waals surface area contributed by atoms with Gasteiger partial charge in [-0.1, -0.05) is 13.3 Å². The fraction of sp³-hybridized carbons (Fsp3) is 0.900. The number of hydrogen-bond acceptors (Lipinski definition) is 3. The maximum Gasteiger partial charge on any atom is 0.313 e. The van der Waals surface area contributed by atoms with Crippen LogP contribution in [0.15, 0.2) is 0 Å². The van der Waals surface area contributed by atoms with Crippen LogP contribution in [0, 0.1) is 5.41 Å². The van der Waals surface area contributed by atoms with Crippen molar-refractivity contribution in [3.8, 4) is 0 Å². The molecular weight excluding hydrogens is 166 g/mol. The lowest BCUT2D eigenvalue weighted by Gasteiger charge is -2.34. The lowest BCUT2D eigenvalue weighted by Crippen LogP contribution is -2.46. The number of ether oxygens (including phenoxy) is 1. The van der Waals surface area contributed by atoms with E-state index >= 15 is 0 Å². The standard InChI is InChI=1S/C10H19NO2/c1-3-5-10(9(12)13-2)6-4-7-11-8-10/h11H,3-8H2,1-2H3. The summed E-state index contributed by atoms with van der Waals surface area (Å²) in [6, 6.07) is 0. The van der Waals surface area contributed by atoms with Crippen LogP contribution >= 0.6 is 0 Å². The van der Waals surface area contributed by atoms with Gasteiger partial charge in [0, 0.05) is 6.54 Å². The normalized spacial score (nSPS) is 28.5. The fourth-order valence-corrected chi connectivity index (χ4v) is 2.15. The van der Waals surface area contributed by atoms with Crippen molar-refractivity contribution in [3.63, 3.8) is 0 Å². The first-order valence-electron chi connectivity index (χ1n) is 5.04. The molecule has 3 heteroatoms. The molecule has 0 amide bonds. The van der Waals surface area contributed by atoms with Crippen LogP contribution in [-0.2, 0) is 9.53 Å². The van der Waals surface area contributed by atoms with Crippen molar-refractivity contribution in [1.29, 1.82) is 0 Å². The van der Waals surface area contributed by atoms with E-state index in [1.54, 1.807) is 0 Å². The molecule has 1 N–H and O–H groups in total. The molecule has 3 nitrogen and oxygen atoms in total. The van der Waals surface area contributed by atoms with E-state index in [1.807, 2.05) is 0 Å². The Morgan fingerprint density at radius 2 is 2.38 bits per heavy atom. The third-order valence-electron chi connectivity index (χ3n) is 2.82. The Bertz CT molecular complexity index is 168. The van der Waals surface area contributed by atoms with E-state index < -0.39 is 0 Å². The van der Waals surface area contributed by atoms with Crippen LogP contribution in [0.25, 0.3) is 0 Å². The van der Waals surface area contributed by atoms with Crippen LogP contribution in [-0.4, -0.2) is 26.2 Å². The molecule has 1 saturated heterocycles. The Hall–Kier alpha value is -0.570. The van der Waals surface area contributed by atoms with Gasteiger partial charge in [-0.25, -0.2) is 0 Å². The van der Waals surface area contributed by atoms with E-state index in [0.29, 0.717) is 0 Å². The molecule has 13 heavy (non-hydrogen) atoms. The minimum absolute atomic E-state index is 0.0402. The minimum atomic E-state index is -0.234. The Kier molecular flexibility index (Phi) is 3.72. The number of carbonyl (C=O) groups excluding carboxylic acids is 1. The predicted octanol–water partition coefficient (Wildman–Crippen LogP) is 1.33. The topological polar surface area (TPSA) is 38.3 Å². The first-order chi connectivity index (χ1) is 6.25. The molecule has 76 valence electrons. The van der Waals surface area contributed by atoms with Gasteiger partial charge in [0.05, 0.1) is 12.5 Å². The number of nitrogens with one attached hydrogen (secondary N) is 1. The molecule has 0 aromatic carbocycles. The lowest BCUT2D eigenvalue weighted by molar-refractivity contribution is -0.154. The quantitative estimate of drug-likeness (QED) is 0.674. The zero-order valence-corrected chi connectivity index (χ0v) is 8.56. The Morgan fingerprint density at radius 3 is 2.85 bits per heavy atom. The predicted molar refractivity (Wildman–Crippen MR) is 51.5 cm³/mol. The van der Waals surface area contributed by atoms with Gasteiger partial charge < -0.3 is 10.1 Å². The zero-order chi connectivity index (χ0) is 9.73. The average Bonchev–Trinajstić information content (AvgIpc) is 2.18. The number of esters is 1.